The molecular weight excluding hydrogens is 574 g/mol. The number of nitrogens with zero attached hydrogens (tertiary/aromatic N) is 1. The molecule has 1 aliphatic rings. The van der Waals surface area contributed by atoms with Gasteiger partial charge in [-0.1, -0.05) is 12.1 Å². The number of rotatable bonds is 7. The van der Waals surface area contributed by atoms with Gasteiger partial charge < -0.3 is 14.8 Å². The molecule has 0 saturated carbocycles. The van der Waals surface area contributed by atoms with E-state index in [1.165, 1.54) is 11.3 Å². The lowest BCUT2D eigenvalue weighted by atomic mass is 10.1. The van der Waals surface area contributed by atoms with Crippen LogP contribution < -0.4 is 15.5 Å². The number of aryl methyl sites for hydroxylation is 1. The van der Waals surface area contributed by atoms with E-state index >= 15 is 0 Å². The molecule has 0 spiro atoms. The molecule has 1 aromatic heterocycles. The van der Waals surface area contributed by atoms with Gasteiger partial charge in [0, 0.05) is 9.35 Å². The Labute approximate surface area is 231 Å². The number of ether oxygens (including phenoxy) is 2. The van der Waals surface area contributed by atoms with Crippen molar-refractivity contribution in [2.24, 2.45) is 5.10 Å². The predicted molar refractivity (Wildman–Crippen MR) is 147 cm³/mol. The summed E-state index contributed by atoms with van der Waals surface area (Å²) in [5.41, 5.74) is 4.91. The highest BCUT2D eigenvalue weighted by molar-refractivity contribution is 9.10. The highest BCUT2D eigenvalue weighted by Gasteiger charge is 2.29. The Morgan fingerprint density at radius 1 is 1.00 bits per heavy atom. The van der Waals surface area contributed by atoms with Crippen LogP contribution in [0.3, 0.4) is 0 Å². The van der Waals surface area contributed by atoms with Crippen LogP contribution in [0.5, 0.6) is 5.75 Å². The number of carbonyl (C=O) groups excluding carboxylic acids is 4. The first-order chi connectivity index (χ1) is 18.3. The first kappa shape index (κ1) is 27.2. The first-order valence-corrected chi connectivity index (χ1v) is 13.4. The summed E-state index contributed by atoms with van der Waals surface area (Å²) in [5, 5.41) is 6.84. The van der Waals surface area contributed by atoms with Crippen molar-refractivity contribution >= 4 is 61.7 Å². The van der Waals surface area contributed by atoms with Crippen LogP contribution in [-0.4, -0.2) is 36.1 Å². The Bertz CT molecular complexity index is 1430. The Balaban J connectivity index is 1.37. The van der Waals surface area contributed by atoms with Crippen molar-refractivity contribution in [1.82, 2.24) is 5.43 Å². The van der Waals surface area contributed by atoms with Gasteiger partial charge in [0.25, 0.3) is 0 Å². The zero-order valence-electron chi connectivity index (χ0n) is 20.6. The third kappa shape index (κ3) is 6.17. The number of carbonyl (C=O) groups is 4. The molecule has 2 aromatic carbocycles. The summed E-state index contributed by atoms with van der Waals surface area (Å²) >= 11 is 4.61. The van der Waals surface area contributed by atoms with Gasteiger partial charge >= 0.3 is 23.8 Å². The second-order valence-corrected chi connectivity index (χ2v) is 10.2. The summed E-state index contributed by atoms with van der Waals surface area (Å²) in [5.74, 6) is -2.60. The van der Waals surface area contributed by atoms with Crippen LogP contribution in [0, 0.1) is 0 Å². The minimum absolute atomic E-state index is 0.208. The minimum Gasteiger partial charge on any atom is -0.462 e. The average molecular weight is 598 g/mol. The second-order valence-electron chi connectivity index (χ2n) is 8.27. The number of esters is 2. The largest absolute Gasteiger partial charge is 0.462 e. The first-order valence-electron chi connectivity index (χ1n) is 11.8. The highest BCUT2D eigenvalue weighted by atomic mass is 79.9. The molecule has 1 heterocycles. The molecule has 0 saturated heterocycles. The zero-order chi connectivity index (χ0) is 27.2. The molecular formula is C27H24BrN3O6S. The molecule has 0 aliphatic heterocycles. The summed E-state index contributed by atoms with van der Waals surface area (Å²) in [6, 6.07) is 13.5. The Morgan fingerprint density at radius 3 is 2.45 bits per heavy atom. The van der Waals surface area contributed by atoms with Crippen LogP contribution in [0.25, 0.3) is 0 Å². The lowest BCUT2D eigenvalue weighted by molar-refractivity contribution is -0.136. The van der Waals surface area contributed by atoms with Gasteiger partial charge in [0.05, 0.1) is 23.4 Å². The van der Waals surface area contributed by atoms with Crippen molar-refractivity contribution in [3.05, 3.63) is 80.1 Å². The predicted octanol–water partition coefficient (Wildman–Crippen LogP) is 4.87. The Hall–Kier alpha value is -3.83. The Morgan fingerprint density at radius 2 is 1.74 bits per heavy atom. The van der Waals surface area contributed by atoms with Crippen LogP contribution in [0.15, 0.2) is 58.1 Å². The van der Waals surface area contributed by atoms with E-state index in [9.17, 15) is 19.2 Å². The van der Waals surface area contributed by atoms with E-state index in [2.05, 4.69) is 31.8 Å². The van der Waals surface area contributed by atoms with E-state index in [-0.39, 0.29) is 6.61 Å². The molecule has 0 bridgehead atoms. The SMILES string of the molecule is CCOC(=O)c1c(NC(=O)C(=O)N/N=C(\C)c2ccc(OC(=O)c3ccccc3Br)cc2)sc2c1CCC2. The summed E-state index contributed by atoms with van der Waals surface area (Å²) < 4.78 is 11.2. The average Bonchev–Trinajstić information content (AvgIpc) is 3.48. The maximum absolute atomic E-state index is 12.5. The van der Waals surface area contributed by atoms with Crippen LogP contribution in [0.1, 0.15) is 57.0 Å². The summed E-state index contributed by atoms with van der Waals surface area (Å²) in [7, 11) is 0. The van der Waals surface area contributed by atoms with E-state index < -0.39 is 23.8 Å². The molecule has 1 aliphatic carbocycles. The number of thiophene rings is 1. The normalized spacial score (nSPS) is 12.4. The summed E-state index contributed by atoms with van der Waals surface area (Å²) in [4.78, 5) is 50.8. The van der Waals surface area contributed by atoms with Crippen molar-refractivity contribution < 1.29 is 28.7 Å². The molecule has 0 atom stereocenters. The van der Waals surface area contributed by atoms with Gasteiger partial charge in [-0.05, 0) is 96.6 Å². The number of hydrogen-bond acceptors (Lipinski definition) is 8. The van der Waals surface area contributed by atoms with Crippen molar-refractivity contribution in [3.63, 3.8) is 0 Å². The van der Waals surface area contributed by atoms with Crippen molar-refractivity contribution in [2.75, 3.05) is 11.9 Å². The number of hydrogen-bond donors (Lipinski definition) is 2. The molecule has 9 nitrogen and oxygen atoms in total. The van der Waals surface area contributed by atoms with Gasteiger partial charge in [-0.3, -0.25) is 9.59 Å². The van der Waals surface area contributed by atoms with Gasteiger partial charge in [0.1, 0.15) is 10.8 Å². The number of benzene rings is 2. The lowest BCUT2D eigenvalue weighted by Gasteiger charge is -2.08. The lowest BCUT2D eigenvalue weighted by Crippen LogP contribution is -2.33. The molecule has 0 radical (unpaired) electrons. The third-order valence-corrected chi connectivity index (χ3v) is 7.63. The molecule has 2 amide bonds. The maximum atomic E-state index is 12.5. The van der Waals surface area contributed by atoms with Crippen LogP contribution in [0.2, 0.25) is 0 Å². The monoisotopic (exact) mass is 597 g/mol. The highest BCUT2D eigenvalue weighted by Crippen LogP contribution is 2.39. The van der Waals surface area contributed by atoms with Crippen molar-refractivity contribution in [1.29, 1.82) is 0 Å². The molecule has 2 N–H and O–H groups in total. The smallest absolute Gasteiger partial charge is 0.344 e. The summed E-state index contributed by atoms with van der Waals surface area (Å²) in [6.45, 7) is 3.57. The molecule has 11 heteroatoms. The molecule has 3 aromatic rings. The van der Waals surface area contributed by atoms with Crippen molar-refractivity contribution in [3.8, 4) is 5.75 Å². The number of hydrazone groups is 1. The zero-order valence-corrected chi connectivity index (χ0v) is 23.0. The maximum Gasteiger partial charge on any atom is 0.344 e. The number of halogens is 1. The van der Waals surface area contributed by atoms with Gasteiger partial charge in [-0.25, -0.2) is 15.0 Å². The fourth-order valence-corrected chi connectivity index (χ4v) is 5.59. The molecule has 0 unspecified atom stereocenters. The number of anilines is 1. The number of amides is 2. The second kappa shape index (κ2) is 12.1. The molecule has 0 fully saturated rings. The molecule has 196 valence electrons. The Kier molecular flexibility index (Phi) is 8.70. The van der Waals surface area contributed by atoms with Gasteiger partial charge in [0.15, 0.2) is 0 Å². The standard InChI is InChI=1S/C27H24BrN3O6S/c1-3-36-27(35)22-19-8-6-10-21(19)38-25(22)29-23(32)24(33)31-30-15(2)16-11-13-17(14-12-16)37-26(34)18-7-4-5-9-20(18)28/h4-5,7,9,11-14H,3,6,8,10H2,1-2H3,(H,29,32)(H,31,33)/b30-15+. The van der Waals surface area contributed by atoms with Gasteiger partial charge in [-0.2, -0.15) is 5.10 Å². The van der Waals surface area contributed by atoms with E-state index in [1.54, 1.807) is 62.4 Å². The van der Waals surface area contributed by atoms with E-state index in [1.807, 2.05) is 0 Å². The minimum atomic E-state index is -0.980. The fourth-order valence-electron chi connectivity index (χ4n) is 3.87. The van der Waals surface area contributed by atoms with Crippen LogP contribution >= 0.6 is 27.3 Å². The van der Waals surface area contributed by atoms with Crippen LogP contribution in [0.4, 0.5) is 5.00 Å². The topological polar surface area (TPSA) is 123 Å². The third-order valence-electron chi connectivity index (χ3n) is 5.74. The number of fused-ring (bicyclic) bond motifs is 1. The number of nitrogens with one attached hydrogen (secondary N) is 2. The van der Waals surface area contributed by atoms with E-state index in [0.717, 1.165) is 29.7 Å². The van der Waals surface area contributed by atoms with E-state index in [4.69, 9.17) is 9.47 Å². The fraction of sp³-hybridized carbons (Fsp3) is 0.222. The van der Waals surface area contributed by atoms with Crippen LogP contribution in [-0.2, 0) is 27.2 Å². The summed E-state index contributed by atoms with van der Waals surface area (Å²) in [6.07, 6.45) is 2.48. The van der Waals surface area contributed by atoms with E-state index in [0.29, 0.717) is 37.6 Å². The van der Waals surface area contributed by atoms with Gasteiger partial charge in [-0.15, -0.1) is 11.3 Å². The van der Waals surface area contributed by atoms with Crippen molar-refractivity contribution in [2.45, 2.75) is 33.1 Å². The quantitative estimate of drug-likeness (QED) is 0.132. The molecule has 4 rings (SSSR count). The van der Waals surface area contributed by atoms with Gasteiger partial charge in [0.2, 0.25) is 0 Å². The molecule has 38 heavy (non-hydrogen) atoms.